The number of hydrogen-bond donors (Lipinski definition) is 0. The molecule has 1 aromatic carbocycles. The number of thiophene rings is 3. The third kappa shape index (κ3) is 2.68. The molecule has 0 saturated heterocycles. The van der Waals surface area contributed by atoms with Gasteiger partial charge in [-0.3, -0.25) is 0 Å². The molecule has 0 amide bonds. The van der Waals surface area contributed by atoms with E-state index < -0.39 is 0 Å². The maximum Gasteiger partial charge on any atom is 0.0449 e. The highest BCUT2D eigenvalue weighted by atomic mass is 32.1. The first-order valence-corrected chi connectivity index (χ1v) is 9.62. The molecule has 4 aromatic rings. The van der Waals surface area contributed by atoms with E-state index in [0.717, 1.165) is 0 Å². The summed E-state index contributed by atoms with van der Waals surface area (Å²) in [6, 6.07) is 22.0. The summed E-state index contributed by atoms with van der Waals surface area (Å²) in [6.45, 7) is 2.13. The van der Waals surface area contributed by atoms with Crippen LogP contribution in [0, 0.1) is 6.92 Å². The molecule has 22 heavy (non-hydrogen) atoms. The van der Waals surface area contributed by atoms with E-state index >= 15 is 0 Å². The zero-order valence-electron chi connectivity index (χ0n) is 12.1. The van der Waals surface area contributed by atoms with Gasteiger partial charge < -0.3 is 0 Å². The molecule has 0 aliphatic rings. The Morgan fingerprint density at radius 3 is 1.82 bits per heavy atom. The monoisotopic (exact) mass is 338 g/mol. The van der Waals surface area contributed by atoms with Gasteiger partial charge in [0.05, 0.1) is 0 Å². The highest BCUT2D eigenvalue weighted by molar-refractivity contribution is 7.27. The molecule has 0 unspecified atom stereocenters. The van der Waals surface area contributed by atoms with Gasteiger partial charge in [0.25, 0.3) is 0 Å². The van der Waals surface area contributed by atoms with Gasteiger partial charge in [-0.2, -0.15) is 0 Å². The van der Waals surface area contributed by atoms with Gasteiger partial charge in [0, 0.05) is 24.4 Å². The third-order valence-electron chi connectivity index (χ3n) is 3.55. The van der Waals surface area contributed by atoms with Crippen molar-refractivity contribution in [3.05, 3.63) is 71.6 Å². The number of aryl methyl sites for hydroxylation is 1. The summed E-state index contributed by atoms with van der Waals surface area (Å²) < 4.78 is 0. The van der Waals surface area contributed by atoms with Crippen LogP contribution in [0.4, 0.5) is 0 Å². The van der Waals surface area contributed by atoms with Crippen molar-refractivity contribution in [3.8, 4) is 29.9 Å². The lowest BCUT2D eigenvalue weighted by molar-refractivity contribution is 1.48. The van der Waals surface area contributed by atoms with E-state index in [0.29, 0.717) is 0 Å². The predicted molar refractivity (Wildman–Crippen MR) is 101 cm³/mol. The standard InChI is InChI=1S/C19H14S3/c1-13-4-6-14(7-5-13)15-8-9-18(21-15)19-11-10-17(22-19)16-3-2-12-20-16/h2-12H,1H3. The number of rotatable bonds is 3. The van der Waals surface area contributed by atoms with Crippen LogP contribution in [0.5, 0.6) is 0 Å². The van der Waals surface area contributed by atoms with Gasteiger partial charge in [-0.05, 0) is 48.2 Å². The second-order valence-electron chi connectivity index (χ2n) is 5.17. The predicted octanol–water partition coefficient (Wildman–Crippen LogP) is 7.18. The van der Waals surface area contributed by atoms with Gasteiger partial charge >= 0.3 is 0 Å². The van der Waals surface area contributed by atoms with Gasteiger partial charge in [-0.15, -0.1) is 34.0 Å². The lowest BCUT2D eigenvalue weighted by Gasteiger charge is -1.97. The molecule has 0 nitrogen and oxygen atoms in total. The Hall–Kier alpha value is -1.68. The summed E-state index contributed by atoms with van der Waals surface area (Å²) in [4.78, 5) is 6.75. The minimum atomic E-state index is 1.30. The van der Waals surface area contributed by atoms with Crippen LogP contribution in [0.15, 0.2) is 66.0 Å². The van der Waals surface area contributed by atoms with Crippen LogP contribution in [0.3, 0.4) is 0 Å². The normalized spacial score (nSPS) is 11.0. The zero-order chi connectivity index (χ0) is 14.9. The van der Waals surface area contributed by atoms with Crippen molar-refractivity contribution in [1.82, 2.24) is 0 Å². The maximum absolute atomic E-state index is 2.24. The van der Waals surface area contributed by atoms with Gasteiger partial charge in [0.1, 0.15) is 0 Å². The molecule has 0 bridgehead atoms. The molecular weight excluding hydrogens is 324 g/mol. The lowest BCUT2D eigenvalue weighted by Crippen LogP contribution is -1.72. The molecule has 0 atom stereocenters. The van der Waals surface area contributed by atoms with E-state index in [9.17, 15) is 0 Å². The molecule has 0 spiro atoms. The van der Waals surface area contributed by atoms with Crippen molar-refractivity contribution in [2.45, 2.75) is 6.92 Å². The molecular formula is C19H14S3. The van der Waals surface area contributed by atoms with E-state index in [2.05, 4.69) is 73.0 Å². The quantitative estimate of drug-likeness (QED) is 0.371. The van der Waals surface area contributed by atoms with Crippen LogP contribution < -0.4 is 0 Å². The molecule has 3 heteroatoms. The Morgan fingerprint density at radius 1 is 0.591 bits per heavy atom. The smallest absolute Gasteiger partial charge is 0.0449 e. The van der Waals surface area contributed by atoms with Gasteiger partial charge in [-0.1, -0.05) is 35.9 Å². The Labute approximate surface area is 142 Å². The Kier molecular flexibility index (Phi) is 3.70. The summed E-state index contributed by atoms with van der Waals surface area (Å²) in [5.41, 5.74) is 2.61. The Balaban J connectivity index is 1.65. The van der Waals surface area contributed by atoms with Crippen LogP contribution in [0.2, 0.25) is 0 Å². The maximum atomic E-state index is 2.24. The lowest BCUT2D eigenvalue weighted by atomic mass is 10.1. The molecule has 0 N–H and O–H groups in total. The molecule has 3 heterocycles. The average Bonchev–Trinajstić information content (AvgIpc) is 3.27. The third-order valence-corrected chi connectivity index (χ3v) is 7.04. The van der Waals surface area contributed by atoms with Crippen molar-refractivity contribution in [3.63, 3.8) is 0 Å². The largest absolute Gasteiger partial charge is 0.143 e. The summed E-state index contributed by atoms with van der Waals surface area (Å²) in [6.07, 6.45) is 0. The summed E-state index contributed by atoms with van der Waals surface area (Å²) in [7, 11) is 0. The summed E-state index contributed by atoms with van der Waals surface area (Å²) >= 11 is 5.55. The van der Waals surface area contributed by atoms with E-state index in [1.54, 1.807) is 11.3 Å². The number of benzene rings is 1. The fraction of sp³-hybridized carbons (Fsp3) is 0.0526. The van der Waals surface area contributed by atoms with Crippen LogP contribution in [0.25, 0.3) is 29.9 Å². The highest BCUT2D eigenvalue weighted by Crippen LogP contribution is 2.41. The first-order chi connectivity index (χ1) is 10.8. The number of hydrogen-bond acceptors (Lipinski definition) is 3. The molecule has 3 aromatic heterocycles. The molecule has 0 saturated carbocycles. The van der Waals surface area contributed by atoms with Crippen molar-refractivity contribution < 1.29 is 0 Å². The molecule has 108 valence electrons. The van der Waals surface area contributed by atoms with Crippen LogP contribution in [-0.2, 0) is 0 Å². The molecule has 0 fully saturated rings. The molecule has 4 rings (SSSR count). The van der Waals surface area contributed by atoms with Crippen molar-refractivity contribution in [2.75, 3.05) is 0 Å². The fourth-order valence-electron chi connectivity index (χ4n) is 2.36. The zero-order valence-corrected chi connectivity index (χ0v) is 14.5. The van der Waals surface area contributed by atoms with E-state index in [-0.39, 0.29) is 0 Å². The first-order valence-electron chi connectivity index (χ1n) is 7.10. The van der Waals surface area contributed by atoms with Gasteiger partial charge in [0.2, 0.25) is 0 Å². The fourth-order valence-corrected chi connectivity index (χ4v) is 5.31. The van der Waals surface area contributed by atoms with Crippen molar-refractivity contribution >= 4 is 34.0 Å². The second-order valence-corrected chi connectivity index (χ2v) is 8.29. The molecule has 0 aliphatic heterocycles. The summed E-state index contributed by atoms with van der Waals surface area (Å²) in [5.74, 6) is 0. The van der Waals surface area contributed by atoms with E-state index in [1.165, 1.54) is 35.5 Å². The van der Waals surface area contributed by atoms with E-state index in [1.807, 2.05) is 22.7 Å². The highest BCUT2D eigenvalue weighted by Gasteiger charge is 2.09. The van der Waals surface area contributed by atoms with Crippen molar-refractivity contribution in [1.29, 1.82) is 0 Å². The Bertz CT molecular complexity index is 877. The topological polar surface area (TPSA) is 0 Å². The second kappa shape index (κ2) is 5.84. The minimum Gasteiger partial charge on any atom is -0.143 e. The van der Waals surface area contributed by atoms with E-state index in [4.69, 9.17) is 0 Å². The van der Waals surface area contributed by atoms with Crippen LogP contribution >= 0.6 is 34.0 Å². The molecule has 0 radical (unpaired) electrons. The van der Waals surface area contributed by atoms with Crippen LogP contribution in [-0.4, -0.2) is 0 Å². The molecule has 0 aliphatic carbocycles. The SMILES string of the molecule is Cc1ccc(-c2ccc(-c3ccc(-c4cccs4)s3)s2)cc1. The first kappa shape index (κ1) is 13.9. The van der Waals surface area contributed by atoms with Crippen molar-refractivity contribution in [2.24, 2.45) is 0 Å². The van der Waals surface area contributed by atoms with Gasteiger partial charge in [0.15, 0.2) is 0 Å². The summed E-state index contributed by atoms with van der Waals surface area (Å²) in [5, 5.41) is 2.13. The Morgan fingerprint density at radius 2 is 1.18 bits per heavy atom. The van der Waals surface area contributed by atoms with Crippen LogP contribution in [0.1, 0.15) is 5.56 Å². The minimum absolute atomic E-state index is 1.30. The average molecular weight is 339 g/mol. The van der Waals surface area contributed by atoms with Gasteiger partial charge in [-0.25, -0.2) is 0 Å².